The second-order valence-electron chi connectivity index (χ2n) is 6.55. The summed E-state index contributed by atoms with van der Waals surface area (Å²) in [5.41, 5.74) is 0. The Hall–Kier alpha value is 0.400. The first kappa shape index (κ1) is 16.8. The van der Waals surface area contributed by atoms with E-state index >= 15 is 0 Å². The molecule has 3 heteroatoms. The van der Waals surface area contributed by atoms with Crippen molar-refractivity contribution < 1.29 is 9.47 Å². The maximum absolute atomic E-state index is 5.74. The van der Waals surface area contributed by atoms with Gasteiger partial charge in [-0.05, 0) is 43.9 Å². The summed E-state index contributed by atoms with van der Waals surface area (Å²) in [4.78, 5) is 0.706. The lowest BCUT2D eigenvalue weighted by Crippen LogP contribution is -2.30. The van der Waals surface area contributed by atoms with Crippen molar-refractivity contribution >= 4 is 15.9 Å². The fourth-order valence-corrected chi connectivity index (χ4v) is 4.23. The molecule has 1 saturated heterocycles. The predicted octanol–water partition coefficient (Wildman–Crippen LogP) is 5.15. The summed E-state index contributed by atoms with van der Waals surface area (Å²) in [6, 6.07) is 0. The molecule has 0 bridgehead atoms. The van der Waals surface area contributed by atoms with Crippen molar-refractivity contribution in [1.82, 2.24) is 0 Å². The number of alkyl halides is 1. The van der Waals surface area contributed by atoms with Gasteiger partial charge < -0.3 is 9.47 Å². The molecule has 0 aromatic rings. The van der Waals surface area contributed by atoms with Crippen molar-refractivity contribution in [2.75, 3.05) is 13.2 Å². The highest BCUT2D eigenvalue weighted by molar-refractivity contribution is 9.09. The Balaban J connectivity index is 1.82. The average molecular weight is 347 g/mol. The Kier molecular flexibility index (Phi) is 7.33. The summed E-state index contributed by atoms with van der Waals surface area (Å²) in [6.07, 6.45) is 10.8. The first-order valence-corrected chi connectivity index (χ1v) is 9.53. The number of hydrogen-bond donors (Lipinski definition) is 0. The van der Waals surface area contributed by atoms with Crippen LogP contribution in [0.4, 0.5) is 0 Å². The fraction of sp³-hybridized carbons (Fsp3) is 1.00. The molecule has 0 amide bonds. The van der Waals surface area contributed by atoms with Gasteiger partial charge in [0.05, 0.1) is 13.2 Å². The van der Waals surface area contributed by atoms with Crippen molar-refractivity contribution in [2.45, 2.75) is 76.3 Å². The lowest BCUT2D eigenvalue weighted by atomic mass is 9.72. The summed E-state index contributed by atoms with van der Waals surface area (Å²) in [5, 5.41) is 0. The highest BCUT2D eigenvalue weighted by atomic mass is 79.9. The van der Waals surface area contributed by atoms with Crippen LogP contribution in [0.3, 0.4) is 0 Å². The molecular weight excluding hydrogens is 316 g/mol. The highest BCUT2D eigenvalue weighted by Crippen LogP contribution is 2.40. The number of ether oxygens (including phenoxy) is 2. The molecule has 0 N–H and O–H groups in total. The van der Waals surface area contributed by atoms with Crippen molar-refractivity contribution in [3.05, 3.63) is 0 Å². The fourth-order valence-electron chi connectivity index (χ4n) is 3.96. The van der Waals surface area contributed by atoms with Crippen LogP contribution in [0, 0.1) is 17.8 Å². The van der Waals surface area contributed by atoms with Crippen LogP contribution in [0.1, 0.15) is 65.2 Å². The Morgan fingerprint density at radius 3 is 2.45 bits per heavy atom. The second-order valence-corrected chi connectivity index (χ2v) is 7.84. The highest BCUT2D eigenvalue weighted by Gasteiger charge is 2.34. The Morgan fingerprint density at radius 2 is 1.80 bits per heavy atom. The quantitative estimate of drug-likeness (QED) is 0.593. The minimum absolute atomic E-state index is 0.106. The van der Waals surface area contributed by atoms with Gasteiger partial charge in [0.25, 0.3) is 0 Å². The van der Waals surface area contributed by atoms with Gasteiger partial charge in [0.1, 0.15) is 0 Å². The Bertz CT molecular complexity index is 266. The topological polar surface area (TPSA) is 18.5 Å². The minimum Gasteiger partial charge on any atom is -0.350 e. The van der Waals surface area contributed by atoms with Gasteiger partial charge >= 0.3 is 0 Å². The molecular formula is C17H31BrO2. The van der Waals surface area contributed by atoms with Gasteiger partial charge in [-0.15, -0.1) is 0 Å². The monoisotopic (exact) mass is 346 g/mol. The van der Waals surface area contributed by atoms with Crippen molar-refractivity contribution in [1.29, 1.82) is 0 Å². The van der Waals surface area contributed by atoms with E-state index < -0.39 is 0 Å². The Morgan fingerprint density at radius 1 is 1.05 bits per heavy atom. The van der Waals surface area contributed by atoms with E-state index in [1.807, 2.05) is 0 Å². The molecule has 0 radical (unpaired) electrons. The first-order chi connectivity index (χ1) is 9.74. The molecule has 20 heavy (non-hydrogen) atoms. The van der Waals surface area contributed by atoms with Gasteiger partial charge in [0.15, 0.2) is 6.29 Å². The van der Waals surface area contributed by atoms with Gasteiger partial charge in [-0.3, -0.25) is 0 Å². The molecule has 0 aromatic heterocycles. The van der Waals surface area contributed by atoms with Crippen LogP contribution in [-0.2, 0) is 9.47 Å². The van der Waals surface area contributed by atoms with E-state index in [0.717, 1.165) is 25.0 Å². The number of rotatable bonds is 7. The van der Waals surface area contributed by atoms with Crippen LogP contribution in [0.5, 0.6) is 0 Å². The smallest absolute Gasteiger partial charge is 0.160 e. The normalized spacial score (nSPS) is 31.4. The van der Waals surface area contributed by atoms with Crippen LogP contribution in [0.25, 0.3) is 0 Å². The third-order valence-corrected chi connectivity index (χ3v) is 6.38. The molecule has 4 atom stereocenters. The van der Waals surface area contributed by atoms with Crippen LogP contribution >= 0.6 is 15.9 Å². The molecule has 4 unspecified atom stereocenters. The summed E-state index contributed by atoms with van der Waals surface area (Å²) >= 11 is 3.78. The largest absolute Gasteiger partial charge is 0.350 e. The third kappa shape index (κ3) is 4.71. The van der Waals surface area contributed by atoms with Gasteiger partial charge in [-0.2, -0.15) is 0 Å². The molecule has 1 aliphatic heterocycles. The maximum atomic E-state index is 5.74. The van der Waals surface area contributed by atoms with E-state index in [1.165, 1.54) is 51.4 Å². The van der Waals surface area contributed by atoms with E-state index in [-0.39, 0.29) is 6.29 Å². The summed E-state index contributed by atoms with van der Waals surface area (Å²) in [5.74, 6) is 2.44. The van der Waals surface area contributed by atoms with Gasteiger partial charge in [-0.25, -0.2) is 0 Å². The van der Waals surface area contributed by atoms with Crippen LogP contribution < -0.4 is 0 Å². The van der Waals surface area contributed by atoms with Gasteiger partial charge in [0.2, 0.25) is 0 Å². The summed E-state index contributed by atoms with van der Waals surface area (Å²) < 4.78 is 11.5. The molecule has 1 heterocycles. The lowest BCUT2D eigenvalue weighted by molar-refractivity contribution is -0.100. The van der Waals surface area contributed by atoms with E-state index in [4.69, 9.17) is 9.47 Å². The van der Waals surface area contributed by atoms with E-state index in [1.54, 1.807) is 0 Å². The van der Waals surface area contributed by atoms with Gasteiger partial charge in [0, 0.05) is 10.7 Å². The van der Waals surface area contributed by atoms with Crippen molar-refractivity contribution in [3.8, 4) is 0 Å². The van der Waals surface area contributed by atoms with Crippen LogP contribution in [0.2, 0.25) is 0 Å². The van der Waals surface area contributed by atoms with E-state index in [0.29, 0.717) is 10.7 Å². The molecule has 2 aliphatic rings. The first-order valence-electron chi connectivity index (χ1n) is 8.61. The zero-order valence-electron chi connectivity index (χ0n) is 13.2. The van der Waals surface area contributed by atoms with E-state index in [2.05, 4.69) is 29.8 Å². The molecule has 2 nitrogen and oxygen atoms in total. The van der Waals surface area contributed by atoms with Crippen LogP contribution in [-0.4, -0.2) is 24.3 Å². The zero-order valence-corrected chi connectivity index (χ0v) is 14.7. The molecule has 2 fully saturated rings. The second kappa shape index (κ2) is 8.75. The van der Waals surface area contributed by atoms with E-state index in [9.17, 15) is 0 Å². The Labute approximate surface area is 133 Å². The van der Waals surface area contributed by atoms with Crippen molar-refractivity contribution in [2.24, 2.45) is 17.8 Å². The summed E-state index contributed by atoms with van der Waals surface area (Å²) in [7, 11) is 0. The number of halogens is 1. The zero-order chi connectivity index (χ0) is 14.4. The lowest BCUT2D eigenvalue weighted by Gasteiger charge is -2.36. The maximum Gasteiger partial charge on any atom is 0.160 e. The SMILES string of the molecule is CCC(Br)CCC(CC)C1CCCC(C2OCCO2)C1. The third-order valence-electron chi connectivity index (χ3n) is 5.27. The minimum atomic E-state index is 0.106. The predicted molar refractivity (Wildman–Crippen MR) is 87.2 cm³/mol. The molecule has 118 valence electrons. The number of hydrogen-bond acceptors (Lipinski definition) is 2. The van der Waals surface area contributed by atoms with Gasteiger partial charge in [-0.1, -0.05) is 49.0 Å². The molecule has 1 aliphatic carbocycles. The molecule has 2 rings (SSSR count). The summed E-state index contributed by atoms with van der Waals surface area (Å²) in [6.45, 7) is 6.23. The molecule has 0 aromatic carbocycles. The van der Waals surface area contributed by atoms with Crippen LogP contribution in [0.15, 0.2) is 0 Å². The molecule has 1 saturated carbocycles. The van der Waals surface area contributed by atoms with Crippen molar-refractivity contribution in [3.63, 3.8) is 0 Å². The average Bonchev–Trinajstić information content (AvgIpc) is 3.02. The molecule has 0 spiro atoms. The standard InChI is InChI=1S/C17H31BrO2/c1-3-13(8-9-16(18)4-2)14-6-5-7-15(12-14)17-19-10-11-20-17/h13-17H,3-12H2,1-2H3.